The molecule has 0 saturated heterocycles. The zero-order valence-corrected chi connectivity index (χ0v) is 28.0. The number of benzene rings is 3. The monoisotopic (exact) mass is 695 g/mol. The molecule has 0 amide bonds. The van der Waals surface area contributed by atoms with Crippen LogP contribution in [0.5, 0.6) is 11.5 Å². The van der Waals surface area contributed by atoms with Crippen LogP contribution in [0.15, 0.2) is 102 Å². The van der Waals surface area contributed by atoms with Crippen molar-refractivity contribution in [2.45, 2.75) is 30.6 Å². The minimum Gasteiger partial charge on any atom is -0.494 e. The van der Waals surface area contributed by atoms with Gasteiger partial charge in [-0.05, 0) is 103 Å². The fourth-order valence-electron chi connectivity index (χ4n) is 3.75. The van der Waals surface area contributed by atoms with Crippen LogP contribution in [0.25, 0.3) is 6.08 Å². The van der Waals surface area contributed by atoms with E-state index in [2.05, 4.69) is 18.2 Å². The topological polar surface area (TPSA) is 100 Å². The lowest BCUT2D eigenvalue weighted by molar-refractivity contribution is -0.138. The second kappa shape index (κ2) is 20.7. The van der Waals surface area contributed by atoms with Gasteiger partial charge in [-0.1, -0.05) is 54.6 Å². The molecule has 0 heterocycles. The van der Waals surface area contributed by atoms with Gasteiger partial charge in [0.25, 0.3) is 0 Å². The Morgan fingerprint density at radius 3 is 1.66 bits per heavy atom. The number of carbonyl (C=O) groups excluding carboxylic acids is 3. The predicted molar refractivity (Wildman–Crippen MR) is 188 cm³/mol. The third-order valence-corrected chi connectivity index (χ3v) is 7.55. The lowest BCUT2D eigenvalue weighted by Crippen LogP contribution is -2.04. The van der Waals surface area contributed by atoms with Crippen LogP contribution in [-0.2, 0) is 23.9 Å². The molecule has 0 aromatic heterocycles. The first-order valence-electron chi connectivity index (χ1n) is 14.7. The van der Waals surface area contributed by atoms with Crippen molar-refractivity contribution in [2.24, 2.45) is 4.99 Å². The Morgan fingerprint density at radius 2 is 1.17 bits per heavy atom. The van der Waals surface area contributed by atoms with Crippen molar-refractivity contribution in [1.82, 2.24) is 0 Å². The van der Waals surface area contributed by atoms with Gasteiger partial charge in [0.05, 0.1) is 36.5 Å². The van der Waals surface area contributed by atoms with Crippen molar-refractivity contribution in [2.75, 3.05) is 26.4 Å². The molecule has 0 aliphatic carbocycles. The average Bonchev–Trinajstić information content (AvgIpc) is 3.07. The van der Waals surface area contributed by atoms with Crippen molar-refractivity contribution in [3.8, 4) is 11.5 Å². The SMILES string of the molecule is C=CC(=O)OCCCCOc1ccc(C=CC(=O)Sc2cc(Cl)c(N=Cc3ccc(OCCCCOC(=O)C=C)cc3)c(Cl)c2)cc1. The standard InChI is InChI=1S/C36H35Cl2NO7S/c1-3-33(40)45-21-7-5-19-43-28-14-9-26(10-15-28)13-18-35(42)47-30-23-31(37)36(32(38)24-30)39-25-27-11-16-29(17-12-27)44-20-6-8-22-46-34(41)4-2/h3-4,9-18,23-25H,1-2,5-8,19-22H2. The van der Waals surface area contributed by atoms with E-state index in [0.29, 0.717) is 71.4 Å². The Bertz CT molecular complexity index is 1550. The highest BCUT2D eigenvalue weighted by atomic mass is 35.5. The lowest BCUT2D eigenvalue weighted by Gasteiger charge is -2.07. The minimum absolute atomic E-state index is 0.190. The Morgan fingerprint density at radius 1 is 0.702 bits per heavy atom. The molecule has 0 fully saturated rings. The molecule has 47 heavy (non-hydrogen) atoms. The van der Waals surface area contributed by atoms with Crippen LogP contribution in [0.4, 0.5) is 5.69 Å². The van der Waals surface area contributed by atoms with Gasteiger partial charge in [-0.25, -0.2) is 9.59 Å². The van der Waals surface area contributed by atoms with Crippen molar-refractivity contribution in [3.05, 3.63) is 113 Å². The molecule has 8 nitrogen and oxygen atoms in total. The van der Waals surface area contributed by atoms with Crippen molar-refractivity contribution in [3.63, 3.8) is 0 Å². The molecule has 0 N–H and O–H groups in total. The second-order valence-electron chi connectivity index (χ2n) is 9.74. The Labute approximate surface area is 289 Å². The van der Waals surface area contributed by atoms with Gasteiger partial charge in [0.2, 0.25) is 5.12 Å². The molecule has 11 heteroatoms. The molecule has 246 valence electrons. The fraction of sp³-hybridized carbons (Fsp3) is 0.222. The van der Waals surface area contributed by atoms with Gasteiger partial charge in [0.1, 0.15) is 17.2 Å². The average molecular weight is 697 g/mol. The Hall–Kier alpha value is -4.31. The van der Waals surface area contributed by atoms with E-state index >= 15 is 0 Å². The first-order chi connectivity index (χ1) is 22.8. The minimum atomic E-state index is -0.430. The molecule has 0 radical (unpaired) electrons. The molecular formula is C36H35Cl2NO7S. The van der Waals surface area contributed by atoms with Crippen LogP contribution < -0.4 is 9.47 Å². The van der Waals surface area contributed by atoms with E-state index in [1.807, 2.05) is 48.5 Å². The van der Waals surface area contributed by atoms with Gasteiger partial charge in [-0.2, -0.15) is 0 Å². The quantitative estimate of drug-likeness (QED) is 0.0403. The summed E-state index contributed by atoms with van der Waals surface area (Å²) in [5.41, 5.74) is 2.06. The predicted octanol–water partition coefficient (Wildman–Crippen LogP) is 8.85. The highest BCUT2D eigenvalue weighted by molar-refractivity contribution is 8.14. The zero-order chi connectivity index (χ0) is 33.9. The van der Waals surface area contributed by atoms with Gasteiger partial charge in [-0.15, -0.1) is 0 Å². The number of hydrogen-bond acceptors (Lipinski definition) is 9. The molecule has 0 saturated carbocycles. The first-order valence-corrected chi connectivity index (χ1v) is 16.3. The van der Waals surface area contributed by atoms with Gasteiger partial charge < -0.3 is 18.9 Å². The number of unbranched alkanes of at least 4 members (excludes halogenated alkanes) is 2. The number of hydrogen-bond donors (Lipinski definition) is 0. The van der Waals surface area contributed by atoms with Crippen LogP contribution in [0.1, 0.15) is 36.8 Å². The normalized spacial score (nSPS) is 10.9. The number of aliphatic imine (C=N–C) groups is 1. The summed E-state index contributed by atoms with van der Waals surface area (Å²) in [7, 11) is 0. The van der Waals surface area contributed by atoms with Crippen molar-refractivity contribution >= 4 is 70.0 Å². The number of thioether (sulfide) groups is 1. The maximum absolute atomic E-state index is 12.6. The lowest BCUT2D eigenvalue weighted by atomic mass is 10.2. The van der Waals surface area contributed by atoms with Crippen LogP contribution in [-0.4, -0.2) is 49.7 Å². The third kappa shape index (κ3) is 14.3. The zero-order valence-electron chi connectivity index (χ0n) is 25.7. The largest absolute Gasteiger partial charge is 0.494 e. The van der Waals surface area contributed by atoms with Crippen molar-refractivity contribution < 1.29 is 33.3 Å². The molecule has 0 unspecified atom stereocenters. The second-order valence-corrected chi connectivity index (χ2v) is 11.6. The van der Waals surface area contributed by atoms with E-state index in [1.54, 1.807) is 24.4 Å². The van der Waals surface area contributed by atoms with Gasteiger partial charge in [0, 0.05) is 23.3 Å². The summed E-state index contributed by atoms with van der Waals surface area (Å²) in [6, 6.07) is 18.0. The summed E-state index contributed by atoms with van der Waals surface area (Å²) >= 11 is 13.9. The molecule has 0 atom stereocenters. The maximum Gasteiger partial charge on any atom is 0.330 e. The summed E-state index contributed by atoms with van der Waals surface area (Å²) in [6.07, 6.45) is 9.99. The van der Waals surface area contributed by atoms with Crippen LogP contribution in [0.2, 0.25) is 10.0 Å². The van der Waals surface area contributed by atoms with Gasteiger partial charge >= 0.3 is 11.9 Å². The van der Waals surface area contributed by atoms with Gasteiger partial charge in [0.15, 0.2) is 0 Å². The molecule has 3 aromatic carbocycles. The summed E-state index contributed by atoms with van der Waals surface area (Å²) in [6.45, 7) is 8.36. The number of rotatable bonds is 19. The molecule has 3 rings (SSSR count). The van der Waals surface area contributed by atoms with Crippen molar-refractivity contribution in [1.29, 1.82) is 0 Å². The molecule has 0 bridgehead atoms. The molecule has 0 spiro atoms. The smallest absolute Gasteiger partial charge is 0.330 e. The van der Waals surface area contributed by atoms with E-state index in [4.69, 9.17) is 42.1 Å². The number of esters is 2. The summed E-state index contributed by atoms with van der Waals surface area (Å²) in [4.78, 5) is 39.7. The molecule has 0 aliphatic heterocycles. The molecular weight excluding hydrogens is 661 g/mol. The number of ether oxygens (including phenoxy) is 4. The Balaban J connectivity index is 1.43. The summed E-state index contributed by atoms with van der Waals surface area (Å²) in [5, 5.41) is 0.449. The highest BCUT2D eigenvalue weighted by Crippen LogP contribution is 2.37. The number of nitrogens with zero attached hydrogens (tertiary/aromatic N) is 1. The van der Waals surface area contributed by atoms with Gasteiger partial charge in [-0.3, -0.25) is 9.79 Å². The molecule has 3 aromatic rings. The fourth-order valence-corrected chi connectivity index (χ4v) is 5.19. The van der Waals surface area contributed by atoms with E-state index in [0.717, 1.165) is 47.9 Å². The van der Waals surface area contributed by atoms with E-state index in [1.165, 1.54) is 6.08 Å². The molecule has 0 aliphatic rings. The van der Waals surface area contributed by atoms with Crippen LogP contribution in [0.3, 0.4) is 0 Å². The van der Waals surface area contributed by atoms with E-state index in [-0.39, 0.29) is 5.12 Å². The van der Waals surface area contributed by atoms with E-state index < -0.39 is 11.9 Å². The first kappa shape index (κ1) is 37.2. The number of carbonyl (C=O) groups is 3. The summed E-state index contributed by atoms with van der Waals surface area (Å²) < 4.78 is 21.3. The third-order valence-electron chi connectivity index (χ3n) is 6.16. The highest BCUT2D eigenvalue weighted by Gasteiger charge is 2.10. The van der Waals surface area contributed by atoms with Crippen LogP contribution >= 0.6 is 35.0 Å². The number of halogens is 2. The summed E-state index contributed by atoms with van der Waals surface area (Å²) in [5.74, 6) is 0.558. The van der Waals surface area contributed by atoms with E-state index in [9.17, 15) is 14.4 Å². The van der Waals surface area contributed by atoms with Crippen LogP contribution in [0, 0.1) is 0 Å². The Kier molecular flexibility index (Phi) is 16.4. The maximum atomic E-state index is 12.6.